The number of hydrogen-bond acceptors (Lipinski definition) is 7. The molecular weight excluding hydrogens is 593 g/mol. The molecule has 4 aromatic rings. The lowest BCUT2D eigenvalue weighted by Crippen LogP contribution is -2.45. The van der Waals surface area contributed by atoms with Crippen molar-refractivity contribution in [2.24, 2.45) is 5.92 Å². The molecule has 45 heavy (non-hydrogen) atoms. The lowest BCUT2D eigenvalue weighted by Gasteiger charge is -2.31. The molecule has 0 radical (unpaired) electrons. The average molecular weight is 632 g/mol. The van der Waals surface area contributed by atoms with Crippen LogP contribution >= 0.6 is 0 Å². The van der Waals surface area contributed by atoms with Crippen LogP contribution < -0.4 is 15.2 Å². The van der Waals surface area contributed by atoms with Gasteiger partial charge in [-0.2, -0.15) is 0 Å². The highest BCUT2D eigenvalue weighted by atomic mass is 28.4. The van der Waals surface area contributed by atoms with Crippen molar-refractivity contribution in [3.05, 3.63) is 100 Å². The highest BCUT2D eigenvalue weighted by molar-refractivity contribution is 6.72. The number of hydrogen-bond donors (Lipinski definition) is 1. The number of carbonyl (C=O) groups excluding carboxylic acids is 1. The second kappa shape index (κ2) is 12.0. The zero-order chi connectivity index (χ0) is 31.9. The second-order valence-corrected chi connectivity index (χ2v) is 16.1. The standard InChI is InChI=1S/C33H38FN5O5Si/c1-22-30(45(3,4)34)28(15-18-37-21-24(16-19-40)35-36-37)44-33(22)26-8-5-6-9-27(26)39(32(33)42)20-23-11-13-25(14-12-23)38-17-7-10-29(43-2)31(38)41/h5-14,17,21-22,28,30,40H,15-16,18-20H2,1-4H3/t22-,28+,30-,33+/m1/s1. The first kappa shape index (κ1) is 30.9. The Bertz CT molecular complexity index is 1750. The van der Waals surface area contributed by atoms with Crippen molar-refractivity contribution < 1.29 is 23.5 Å². The minimum absolute atomic E-state index is 0.0152. The summed E-state index contributed by atoms with van der Waals surface area (Å²) in [5.41, 5.74) is 1.77. The van der Waals surface area contributed by atoms with Crippen molar-refractivity contribution in [1.82, 2.24) is 19.6 Å². The topological polar surface area (TPSA) is 112 Å². The molecule has 2 aromatic carbocycles. The number of methoxy groups -OCH3 is 1. The predicted octanol–water partition coefficient (Wildman–Crippen LogP) is 4.38. The number of benzene rings is 2. The number of aromatic nitrogens is 4. The Morgan fingerprint density at radius 3 is 2.56 bits per heavy atom. The molecule has 2 aliphatic heterocycles. The zero-order valence-electron chi connectivity index (χ0n) is 25.9. The Labute approximate surface area is 262 Å². The third-order valence-electron chi connectivity index (χ3n) is 9.15. The van der Waals surface area contributed by atoms with Gasteiger partial charge in [0, 0.05) is 54.7 Å². The van der Waals surface area contributed by atoms with Crippen LogP contribution in [-0.2, 0) is 34.6 Å². The summed E-state index contributed by atoms with van der Waals surface area (Å²) in [6.45, 7) is 6.06. The first-order valence-electron chi connectivity index (χ1n) is 15.2. The molecule has 1 spiro atoms. The first-order valence-corrected chi connectivity index (χ1v) is 18.2. The lowest BCUT2D eigenvalue weighted by molar-refractivity contribution is -0.146. The Morgan fingerprint density at radius 1 is 1.09 bits per heavy atom. The molecule has 0 bridgehead atoms. The van der Waals surface area contributed by atoms with E-state index in [4.69, 9.17) is 9.47 Å². The van der Waals surface area contributed by atoms with Crippen molar-refractivity contribution in [3.63, 3.8) is 0 Å². The highest BCUT2D eigenvalue weighted by Gasteiger charge is 2.66. The summed E-state index contributed by atoms with van der Waals surface area (Å²) in [4.78, 5) is 29.0. The van der Waals surface area contributed by atoms with Gasteiger partial charge in [0.2, 0.25) is 8.41 Å². The number of nitrogens with zero attached hydrogens (tertiary/aromatic N) is 5. The number of aliphatic hydroxyl groups is 1. The Kier molecular flexibility index (Phi) is 8.23. The van der Waals surface area contributed by atoms with Crippen molar-refractivity contribution in [3.8, 4) is 11.4 Å². The number of fused-ring (bicyclic) bond motifs is 2. The first-order chi connectivity index (χ1) is 21.6. The number of amides is 1. The van der Waals surface area contributed by atoms with Crippen LogP contribution in [0.3, 0.4) is 0 Å². The van der Waals surface area contributed by atoms with Crippen LogP contribution in [0.4, 0.5) is 9.80 Å². The molecule has 1 saturated heterocycles. The van der Waals surface area contributed by atoms with Gasteiger partial charge in [-0.3, -0.25) is 18.8 Å². The minimum atomic E-state index is -3.30. The Morgan fingerprint density at radius 2 is 1.84 bits per heavy atom. The van der Waals surface area contributed by atoms with E-state index in [1.807, 2.05) is 55.5 Å². The van der Waals surface area contributed by atoms with Gasteiger partial charge in [0.25, 0.3) is 11.5 Å². The number of rotatable bonds is 10. The summed E-state index contributed by atoms with van der Waals surface area (Å²) in [6, 6.07) is 18.5. The quantitative estimate of drug-likeness (QED) is 0.204. The van der Waals surface area contributed by atoms with Gasteiger partial charge in [0.05, 0.1) is 31.1 Å². The monoisotopic (exact) mass is 631 g/mol. The molecule has 1 N–H and O–H groups in total. The zero-order valence-corrected chi connectivity index (χ0v) is 26.9. The van der Waals surface area contributed by atoms with Gasteiger partial charge >= 0.3 is 0 Å². The Hall–Kier alpha value is -4.13. The fourth-order valence-corrected chi connectivity index (χ4v) is 9.68. The second-order valence-electron chi connectivity index (χ2n) is 12.3. The van der Waals surface area contributed by atoms with E-state index in [1.54, 1.807) is 47.2 Å². The summed E-state index contributed by atoms with van der Waals surface area (Å²) >= 11 is 0. The molecule has 1 fully saturated rings. The molecule has 4 heterocycles. The van der Waals surface area contributed by atoms with E-state index in [2.05, 4.69) is 10.3 Å². The molecule has 0 saturated carbocycles. The van der Waals surface area contributed by atoms with E-state index in [0.29, 0.717) is 37.3 Å². The SMILES string of the molecule is COc1cccn(-c2ccc(CN3C(=O)[C@@]4(O[C@@H](CCn5cc(CCO)nn5)[C@H]([Si](C)(C)F)[C@H]4C)c4ccccc43)cc2)c1=O. The molecule has 1 amide bonds. The summed E-state index contributed by atoms with van der Waals surface area (Å²) in [5, 5.41) is 17.5. The van der Waals surface area contributed by atoms with Gasteiger partial charge in [-0.15, -0.1) is 5.10 Å². The van der Waals surface area contributed by atoms with Crippen LogP contribution in [0.1, 0.15) is 30.2 Å². The van der Waals surface area contributed by atoms with Crippen LogP contribution in [0.25, 0.3) is 5.69 Å². The van der Waals surface area contributed by atoms with E-state index in [9.17, 15) is 14.7 Å². The molecule has 12 heteroatoms. The third kappa shape index (κ3) is 5.40. The summed E-state index contributed by atoms with van der Waals surface area (Å²) in [7, 11) is -1.83. The summed E-state index contributed by atoms with van der Waals surface area (Å²) < 4.78 is 31.3. The van der Waals surface area contributed by atoms with Crippen molar-refractivity contribution in [2.75, 3.05) is 18.6 Å². The van der Waals surface area contributed by atoms with Gasteiger partial charge in [-0.05, 0) is 55.4 Å². The fraction of sp³-hybridized carbons (Fsp3) is 0.394. The number of aliphatic hydroxyl groups excluding tert-OH is 1. The van der Waals surface area contributed by atoms with E-state index in [1.165, 1.54) is 11.7 Å². The summed E-state index contributed by atoms with van der Waals surface area (Å²) in [5.74, 6) is -0.336. The van der Waals surface area contributed by atoms with Crippen molar-refractivity contribution >= 4 is 20.0 Å². The smallest absolute Gasteiger partial charge is 0.297 e. The van der Waals surface area contributed by atoms with Gasteiger partial charge in [0.15, 0.2) is 11.4 Å². The van der Waals surface area contributed by atoms with Crippen LogP contribution in [0, 0.1) is 5.92 Å². The molecule has 0 unspecified atom stereocenters. The third-order valence-corrected chi connectivity index (χ3v) is 11.6. The van der Waals surface area contributed by atoms with Gasteiger partial charge in [-0.1, -0.05) is 42.5 Å². The predicted molar refractivity (Wildman–Crippen MR) is 170 cm³/mol. The molecule has 0 aliphatic carbocycles. The average Bonchev–Trinajstić information content (AvgIpc) is 3.67. The number of para-hydroxylation sites is 1. The number of halogens is 1. The minimum Gasteiger partial charge on any atom is -0.491 e. The van der Waals surface area contributed by atoms with E-state index in [-0.39, 0.29) is 23.8 Å². The van der Waals surface area contributed by atoms with Crippen LogP contribution in [0.15, 0.2) is 77.9 Å². The van der Waals surface area contributed by atoms with Crippen molar-refractivity contribution in [2.45, 2.75) is 63.2 Å². The number of aryl methyl sites for hydroxylation is 1. The number of pyridine rings is 1. The molecule has 10 nitrogen and oxygen atoms in total. The number of anilines is 1. The largest absolute Gasteiger partial charge is 0.491 e. The fourth-order valence-electron chi connectivity index (χ4n) is 7.14. The number of carbonyl (C=O) groups is 1. The molecule has 2 aliphatic rings. The summed E-state index contributed by atoms with van der Waals surface area (Å²) in [6.07, 6.45) is 3.86. The van der Waals surface area contributed by atoms with Crippen LogP contribution in [0.2, 0.25) is 18.6 Å². The molecule has 4 atom stereocenters. The van der Waals surface area contributed by atoms with Gasteiger partial charge in [0.1, 0.15) is 0 Å². The van der Waals surface area contributed by atoms with E-state index < -0.39 is 31.6 Å². The van der Waals surface area contributed by atoms with E-state index >= 15 is 4.11 Å². The maximum absolute atomic E-state index is 16.1. The van der Waals surface area contributed by atoms with E-state index in [0.717, 1.165) is 16.8 Å². The van der Waals surface area contributed by atoms with Crippen LogP contribution in [-0.4, -0.2) is 58.8 Å². The van der Waals surface area contributed by atoms with Gasteiger partial charge in [-0.25, -0.2) is 0 Å². The van der Waals surface area contributed by atoms with Crippen molar-refractivity contribution in [1.29, 1.82) is 0 Å². The normalized spacial score (nSPS) is 22.8. The van der Waals surface area contributed by atoms with Gasteiger partial charge < -0.3 is 23.6 Å². The van der Waals surface area contributed by atoms with Crippen LogP contribution in [0.5, 0.6) is 5.75 Å². The maximum Gasteiger partial charge on any atom is 0.297 e. The number of ether oxygens (including phenoxy) is 2. The molecular formula is C33H38FN5O5Si. The molecule has 2 aromatic heterocycles. The Balaban J connectivity index is 1.29. The highest BCUT2D eigenvalue weighted by Crippen LogP contribution is 2.60. The lowest BCUT2D eigenvalue weighted by atomic mass is 9.82. The molecule has 236 valence electrons. The maximum atomic E-state index is 16.1. The molecule has 6 rings (SSSR count).